The van der Waals surface area contributed by atoms with Crippen LogP contribution >= 0.6 is 11.8 Å². The molecule has 2 aliphatic heterocycles. The van der Waals surface area contributed by atoms with E-state index in [2.05, 4.69) is 25.8 Å². The molecule has 722 valence electrons. The fourth-order valence-electron chi connectivity index (χ4n) is 15.0. The third kappa shape index (κ3) is 36.0. The molecule has 39 heteroatoms. The molecule has 6 rings (SSSR count). The fraction of sp³-hybridized carbons (Fsp3) is 0.678. The minimum Gasteiger partial charge on any atom is -0.455 e. The van der Waals surface area contributed by atoms with Crippen molar-refractivity contribution in [3.8, 4) is 5.75 Å². The van der Waals surface area contributed by atoms with Crippen molar-refractivity contribution in [2.45, 2.75) is 180 Å². The van der Waals surface area contributed by atoms with Gasteiger partial charge in [-0.15, -0.1) is 16.9 Å². The van der Waals surface area contributed by atoms with Crippen molar-refractivity contribution in [1.29, 1.82) is 0 Å². The molecule has 2 aliphatic rings. The first-order chi connectivity index (χ1) is 62.0. The molecule has 38 nitrogen and oxygen atoms in total. The molecule has 7 N–H and O–H groups in total. The van der Waals surface area contributed by atoms with Crippen LogP contribution in [0.2, 0.25) is 0 Å². The summed E-state index contributed by atoms with van der Waals surface area (Å²) in [7, 11) is 5.94. The minimum atomic E-state index is -1.92. The van der Waals surface area contributed by atoms with E-state index in [1.807, 2.05) is 69.5 Å². The minimum absolute atomic E-state index is 0.0339. The largest absolute Gasteiger partial charge is 0.455 e. The highest BCUT2D eigenvalue weighted by Gasteiger charge is 2.47. The molecule has 0 spiro atoms. The van der Waals surface area contributed by atoms with Crippen LogP contribution in [0, 0.1) is 46.3 Å². The summed E-state index contributed by atoms with van der Waals surface area (Å²) in [5.41, 5.74) is 1.71. The second-order valence-corrected chi connectivity index (χ2v) is 33.1. The maximum Gasteiger partial charge on any atom is 0.410 e. The van der Waals surface area contributed by atoms with Crippen molar-refractivity contribution in [2.75, 3.05) is 186 Å². The number of amides is 5. The maximum absolute atomic E-state index is 15.1. The first kappa shape index (κ1) is 109. The first-order valence-corrected chi connectivity index (χ1v) is 45.3. The number of aliphatic hydroxyl groups is 5. The SMILES string of the molecule is [C-]#[N+]C=C(SC)c1ccc(C(=O)NCCOCCOCCOCCOCCOCCOCCOCCOCCOCCOCCn2cc(CC(OC(=O)N(C)[C@H](C(=O)N[C@H](C(=O)N(C)[C@@H]([C@@H](C)CC)[C@@H](CC(=O)N3CCC[C@H]3[C@H](OC)[C@@H](C)C(=O)C[C@H](C)[C@@H](O)c3ccccc3)OC)C(C)C)C(C)C)c3ccc(OC4OC(CO)C(O)C(O)C4O)c([N+](=O)[O-])c3)nn2)cc1. The standard InChI is InChI=1S/C90H138N10O28S/c1-15-61(6)80(74(114-12)55-77(103)99-30-19-22-69(99)85(115-13)63(8)71(102)52-62(7)81(104)65-20-17-16-18-21-65)96(10)88(110)78(59(2)3)93-87(109)79(60(4)5)97(11)90(111)128-73(67-27-28-72(70(53-67)100(112)113)126-89-84(107)83(106)82(105)75(58-101)127-89)54-68-57-98(95-94-68)31-33-117-35-37-119-39-41-121-43-45-123-47-49-125-51-50-124-48-46-122-44-42-120-40-38-118-36-34-116-32-29-92-86(108)66-25-23-64(24-26-66)76(129-14)56-91-9/h16-18,20-21,23-28,53,56-57,59-63,69,73-75,78-85,89,101,104-107H,15,19,22,29-52,54-55,58H2,1-8,10-14H3,(H,92,108)(H,93,109)/t61-,62-,63-,69-,73?,74+,75?,78-,79-,80-,81+,82?,83?,84?,85+,89?/m0/s1. The van der Waals surface area contributed by atoms with Crippen molar-refractivity contribution in [3.05, 3.63) is 135 Å². The predicted octanol–water partition coefficient (Wildman–Crippen LogP) is 6.31. The van der Waals surface area contributed by atoms with Gasteiger partial charge in [-0.1, -0.05) is 116 Å². The molecular weight excluding hydrogens is 1700 g/mol. The summed E-state index contributed by atoms with van der Waals surface area (Å²) in [6.45, 7) is 28.8. The summed E-state index contributed by atoms with van der Waals surface area (Å²) >= 11 is 1.47. The van der Waals surface area contributed by atoms with Gasteiger partial charge in [0.15, 0.2) is 11.9 Å². The Morgan fingerprint density at radius 1 is 0.698 bits per heavy atom. The van der Waals surface area contributed by atoms with E-state index in [4.69, 9.17) is 77.6 Å². The van der Waals surface area contributed by atoms with Crippen LogP contribution in [0.5, 0.6) is 5.75 Å². The van der Waals surface area contributed by atoms with Crippen LogP contribution in [0.4, 0.5) is 10.5 Å². The zero-order valence-corrected chi connectivity index (χ0v) is 77.6. The monoisotopic (exact) mass is 1840 g/mol. The van der Waals surface area contributed by atoms with Crippen molar-refractivity contribution < 1.29 is 130 Å². The number of likely N-dealkylation sites (tertiary alicyclic amines) is 1. The van der Waals surface area contributed by atoms with Crippen LogP contribution in [0.1, 0.15) is 132 Å². The summed E-state index contributed by atoms with van der Waals surface area (Å²) in [4.78, 5) is 106. The van der Waals surface area contributed by atoms with Crippen LogP contribution in [-0.4, -0.2) is 349 Å². The molecule has 3 aromatic carbocycles. The van der Waals surface area contributed by atoms with Crippen LogP contribution in [0.15, 0.2) is 85.2 Å². The third-order valence-electron chi connectivity index (χ3n) is 22.4. The van der Waals surface area contributed by atoms with E-state index in [1.165, 1.54) is 54.9 Å². The number of ether oxygens (including phenoxy) is 15. The number of nitrogens with one attached hydrogen (secondary N) is 2. The molecule has 0 aliphatic carbocycles. The van der Waals surface area contributed by atoms with Crippen LogP contribution in [0.3, 0.4) is 0 Å². The third-order valence-corrected chi connectivity index (χ3v) is 23.2. The average molecular weight is 1840 g/mol. The Kier molecular flexibility index (Phi) is 50.9. The van der Waals surface area contributed by atoms with Gasteiger partial charge in [-0.05, 0) is 77.7 Å². The number of aliphatic hydroxyl groups excluding tert-OH is 5. The average Bonchev–Trinajstić information content (AvgIpc) is 1.39. The van der Waals surface area contributed by atoms with Gasteiger partial charge >= 0.3 is 11.8 Å². The van der Waals surface area contributed by atoms with E-state index in [1.54, 1.807) is 64.9 Å². The van der Waals surface area contributed by atoms with Gasteiger partial charge in [-0.2, -0.15) is 0 Å². The highest BCUT2D eigenvalue weighted by atomic mass is 32.2. The summed E-state index contributed by atoms with van der Waals surface area (Å²) in [5.74, 6) is -4.62. The lowest BCUT2D eigenvalue weighted by molar-refractivity contribution is -0.387. The van der Waals surface area contributed by atoms with Gasteiger partial charge in [0.2, 0.25) is 24.0 Å². The molecule has 2 fully saturated rings. The predicted molar refractivity (Wildman–Crippen MR) is 475 cm³/mol. The molecular formula is C90H138N10O28S. The summed E-state index contributed by atoms with van der Waals surface area (Å²) in [6.07, 6.45) is -7.05. The van der Waals surface area contributed by atoms with Crippen molar-refractivity contribution in [3.63, 3.8) is 0 Å². The van der Waals surface area contributed by atoms with Gasteiger partial charge in [-0.25, -0.2) is 14.3 Å². The molecule has 0 radical (unpaired) electrons. The number of aromatic nitrogens is 3. The normalized spacial score (nSPS) is 18.9. The van der Waals surface area contributed by atoms with E-state index in [0.29, 0.717) is 156 Å². The number of nitro benzene ring substituents is 1. The van der Waals surface area contributed by atoms with Gasteiger partial charge in [0, 0.05) is 82.9 Å². The number of rotatable bonds is 65. The van der Waals surface area contributed by atoms with Gasteiger partial charge in [0.05, 0.1) is 199 Å². The number of nitro groups is 1. The Morgan fingerprint density at radius 3 is 1.75 bits per heavy atom. The van der Waals surface area contributed by atoms with Crippen LogP contribution in [-0.2, 0) is 98.5 Å². The van der Waals surface area contributed by atoms with Gasteiger partial charge in [0.25, 0.3) is 5.91 Å². The van der Waals surface area contributed by atoms with Crippen LogP contribution in [0.25, 0.3) is 9.75 Å². The number of ketones is 1. The summed E-state index contributed by atoms with van der Waals surface area (Å²) < 4.78 is 87.0. The Balaban J connectivity index is 0.915. The number of likely N-dealkylation sites (N-methyl/N-ethyl adjacent to an activating group) is 2. The van der Waals surface area contributed by atoms with Gasteiger partial charge in [0.1, 0.15) is 48.4 Å². The number of Topliss-reactive ketones (excluding diaryl/α,β-unsaturated/α-hetero) is 1. The van der Waals surface area contributed by atoms with E-state index in [9.17, 15) is 59.6 Å². The molecule has 0 bridgehead atoms. The quantitative estimate of drug-likeness (QED) is 0.0110. The second kappa shape index (κ2) is 60.0. The zero-order chi connectivity index (χ0) is 94.3. The highest BCUT2D eigenvalue weighted by molar-refractivity contribution is 8.07. The zero-order valence-electron chi connectivity index (χ0n) is 76.8. The number of thioether (sulfide) groups is 1. The number of carbonyl (C=O) groups excluding carboxylic acids is 6. The summed E-state index contributed by atoms with van der Waals surface area (Å²) in [6, 6.07) is 16.2. The lowest BCUT2D eigenvalue weighted by atomic mass is 9.85. The van der Waals surface area contributed by atoms with Crippen LogP contribution < -0.4 is 15.4 Å². The molecule has 5 amide bonds. The van der Waals surface area contributed by atoms with Gasteiger partial charge < -0.3 is 117 Å². The Labute approximate surface area is 761 Å². The Bertz CT molecular complexity index is 4020. The maximum atomic E-state index is 15.1. The molecule has 1 aromatic heterocycles. The number of benzene rings is 3. The molecule has 129 heavy (non-hydrogen) atoms. The van der Waals surface area contributed by atoms with E-state index < -0.39 is 138 Å². The number of hydrogen-bond acceptors (Lipinski definition) is 31. The molecule has 4 aromatic rings. The lowest BCUT2D eigenvalue weighted by Gasteiger charge is -2.41. The number of nitrogens with zero attached hydrogens (tertiary/aromatic N) is 8. The molecule has 2 saturated heterocycles. The second-order valence-electron chi connectivity index (χ2n) is 32.3. The topological polar surface area (TPSA) is 454 Å². The van der Waals surface area contributed by atoms with E-state index in [-0.39, 0.29) is 86.3 Å². The van der Waals surface area contributed by atoms with Gasteiger partial charge in [-0.3, -0.25) is 39.0 Å². The number of carbonyl (C=O) groups is 6. The van der Waals surface area contributed by atoms with E-state index >= 15 is 4.79 Å². The molecule has 6 unspecified atom stereocenters. The lowest BCUT2D eigenvalue weighted by Crippen LogP contribution is -2.60. The smallest absolute Gasteiger partial charge is 0.410 e. The van der Waals surface area contributed by atoms with Crippen molar-refractivity contribution in [1.82, 2.24) is 40.3 Å². The Morgan fingerprint density at radius 2 is 1.25 bits per heavy atom. The molecule has 3 heterocycles. The Hall–Kier alpha value is -8.32. The van der Waals surface area contributed by atoms with Crippen molar-refractivity contribution >= 4 is 57.9 Å². The van der Waals surface area contributed by atoms with Crippen molar-refractivity contribution in [2.24, 2.45) is 29.6 Å². The highest BCUT2D eigenvalue weighted by Crippen LogP contribution is 2.38. The molecule has 0 saturated carbocycles. The number of hydrogen-bond donors (Lipinski definition) is 7. The van der Waals surface area contributed by atoms with E-state index in [0.717, 1.165) is 27.5 Å². The number of methoxy groups -OCH3 is 2. The summed E-state index contributed by atoms with van der Waals surface area (Å²) in [5, 5.41) is 79.8. The first-order valence-electron chi connectivity index (χ1n) is 44.1. The molecule has 16 atom stereocenters. The fourth-order valence-corrected chi connectivity index (χ4v) is 15.6.